The van der Waals surface area contributed by atoms with Crippen molar-refractivity contribution in [3.05, 3.63) is 34.9 Å². The molecule has 2 nitrogen and oxygen atoms in total. The van der Waals surface area contributed by atoms with Gasteiger partial charge >= 0.3 is 0 Å². The predicted molar refractivity (Wildman–Crippen MR) is 70.9 cm³/mol. The number of benzene rings is 1. The van der Waals surface area contributed by atoms with Crippen LogP contribution in [0.4, 0.5) is 0 Å². The van der Waals surface area contributed by atoms with Crippen LogP contribution in [-0.2, 0) is 19.4 Å². The monoisotopic (exact) mass is 230 g/mol. The van der Waals surface area contributed by atoms with Crippen molar-refractivity contribution in [1.82, 2.24) is 5.32 Å². The fourth-order valence-electron chi connectivity index (χ4n) is 2.69. The number of nitrogens with two attached hydrogens (primary N) is 1. The first-order valence-electron chi connectivity index (χ1n) is 6.86. The van der Waals surface area contributed by atoms with Gasteiger partial charge in [-0.1, -0.05) is 18.2 Å². The summed E-state index contributed by atoms with van der Waals surface area (Å²) in [5.74, 6) is 0. The van der Waals surface area contributed by atoms with Crippen LogP contribution < -0.4 is 11.1 Å². The Morgan fingerprint density at radius 3 is 2.65 bits per heavy atom. The molecule has 2 aliphatic rings. The normalized spacial score (nSPS) is 21.0. The van der Waals surface area contributed by atoms with E-state index in [4.69, 9.17) is 5.73 Å². The van der Waals surface area contributed by atoms with Crippen molar-refractivity contribution in [2.45, 2.75) is 50.6 Å². The van der Waals surface area contributed by atoms with Crippen LogP contribution in [0.2, 0.25) is 0 Å². The quantitative estimate of drug-likeness (QED) is 0.831. The molecule has 0 bridgehead atoms. The van der Waals surface area contributed by atoms with Gasteiger partial charge in [0.2, 0.25) is 0 Å². The molecule has 0 unspecified atom stereocenters. The first kappa shape index (κ1) is 11.2. The second-order valence-corrected chi connectivity index (χ2v) is 5.78. The lowest BCUT2D eigenvalue weighted by Gasteiger charge is -2.17. The summed E-state index contributed by atoms with van der Waals surface area (Å²) in [5.41, 5.74) is 10.7. The zero-order valence-corrected chi connectivity index (χ0v) is 10.5. The molecule has 17 heavy (non-hydrogen) atoms. The molecule has 0 aromatic heterocycles. The fraction of sp³-hybridized carbons (Fsp3) is 0.600. The smallest absolute Gasteiger partial charge is 0.0282 e. The van der Waals surface area contributed by atoms with Gasteiger partial charge in [0.15, 0.2) is 0 Å². The Labute approximate surface area is 104 Å². The van der Waals surface area contributed by atoms with E-state index < -0.39 is 0 Å². The van der Waals surface area contributed by atoms with Gasteiger partial charge in [0.1, 0.15) is 0 Å². The van der Waals surface area contributed by atoms with E-state index >= 15 is 0 Å². The summed E-state index contributed by atoms with van der Waals surface area (Å²) in [6, 6.07) is 6.98. The molecule has 0 saturated heterocycles. The number of hydrogen-bond acceptors (Lipinski definition) is 2. The minimum atomic E-state index is 0.119. The van der Waals surface area contributed by atoms with E-state index in [0.29, 0.717) is 0 Å². The lowest BCUT2D eigenvalue weighted by atomic mass is 9.90. The largest absolute Gasteiger partial charge is 0.324 e. The lowest BCUT2D eigenvalue weighted by molar-refractivity contribution is 0.568. The first-order valence-corrected chi connectivity index (χ1v) is 6.86. The third kappa shape index (κ3) is 2.70. The van der Waals surface area contributed by atoms with Crippen LogP contribution in [0, 0.1) is 0 Å². The van der Waals surface area contributed by atoms with Gasteiger partial charge in [0, 0.05) is 18.6 Å². The van der Waals surface area contributed by atoms with Gasteiger partial charge in [-0.05, 0) is 55.2 Å². The summed E-state index contributed by atoms with van der Waals surface area (Å²) in [4.78, 5) is 0. The second kappa shape index (κ2) is 4.43. The molecule has 0 amide bonds. The van der Waals surface area contributed by atoms with Gasteiger partial charge < -0.3 is 11.1 Å². The minimum absolute atomic E-state index is 0.119. The molecule has 1 aromatic rings. The number of aryl methyl sites for hydroxylation is 2. The van der Waals surface area contributed by atoms with Gasteiger partial charge in [-0.15, -0.1) is 0 Å². The van der Waals surface area contributed by atoms with Crippen molar-refractivity contribution >= 4 is 0 Å². The highest BCUT2D eigenvalue weighted by Crippen LogP contribution is 2.31. The highest BCUT2D eigenvalue weighted by molar-refractivity contribution is 5.33. The van der Waals surface area contributed by atoms with E-state index in [-0.39, 0.29) is 5.54 Å². The average molecular weight is 230 g/mol. The predicted octanol–water partition coefficient (Wildman–Crippen LogP) is 2.15. The third-order valence-corrected chi connectivity index (χ3v) is 4.11. The maximum Gasteiger partial charge on any atom is 0.0282 e. The van der Waals surface area contributed by atoms with E-state index in [0.717, 1.165) is 13.1 Å². The van der Waals surface area contributed by atoms with Crippen molar-refractivity contribution in [1.29, 1.82) is 0 Å². The van der Waals surface area contributed by atoms with Gasteiger partial charge in [-0.25, -0.2) is 0 Å². The molecule has 2 aliphatic carbocycles. The van der Waals surface area contributed by atoms with Gasteiger partial charge in [0.05, 0.1) is 0 Å². The van der Waals surface area contributed by atoms with Gasteiger partial charge in [-0.2, -0.15) is 0 Å². The zero-order valence-electron chi connectivity index (χ0n) is 10.5. The van der Waals surface area contributed by atoms with E-state index in [1.165, 1.54) is 44.1 Å². The topological polar surface area (TPSA) is 38.0 Å². The Bertz CT molecular complexity index is 407. The SMILES string of the molecule is NC1(CNCc2ccc3c(c2)CCCC3)CC1. The Hall–Kier alpha value is -0.860. The summed E-state index contributed by atoms with van der Waals surface area (Å²) in [7, 11) is 0. The molecule has 3 rings (SSSR count). The maximum absolute atomic E-state index is 6.06. The number of hydrogen-bond donors (Lipinski definition) is 2. The molecule has 0 aliphatic heterocycles. The van der Waals surface area contributed by atoms with Crippen molar-refractivity contribution in [3.63, 3.8) is 0 Å². The summed E-state index contributed by atoms with van der Waals surface area (Å²) >= 11 is 0. The molecular weight excluding hydrogens is 208 g/mol. The van der Waals surface area contributed by atoms with E-state index in [9.17, 15) is 0 Å². The van der Waals surface area contributed by atoms with Crippen molar-refractivity contribution in [2.75, 3.05) is 6.54 Å². The molecule has 0 atom stereocenters. The van der Waals surface area contributed by atoms with Gasteiger partial charge in [0.25, 0.3) is 0 Å². The highest BCUT2D eigenvalue weighted by atomic mass is 15.0. The standard InChI is InChI=1S/C15H22N2/c16-15(7-8-15)11-17-10-12-5-6-13-3-1-2-4-14(13)9-12/h5-6,9,17H,1-4,7-8,10-11,16H2. The Kier molecular flexibility index (Phi) is 2.93. The second-order valence-electron chi connectivity index (χ2n) is 5.78. The van der Waals surface area contributed by atoms with Crippen molar-refractivity contribution in [2.24, 2.45) is 5.73 Å². The summed E-state index contributed by atoms with van der Waals surface area (Å²) in [5, 5.41) is 3.49. The Balaban J connectivity index is 1.59. The van der Waals surface area contributed by atoms with E-state index in [2.05, 4.69) is 23.5 Å². The van der Waals surface area contributed by atoms with Crippen LogP contribution in [0.1, 0.15) is 42.4 Å². The molecule has 1 saturated carbocycles. The number of fused-ring (bicyclic) bond motifs is 1. The van der Waals surface area contributed by atoms with Crippen LogP contribution in [-0.4, -0.2) is 12.1 Å². The van der Waals surface area contributed by atoms with Crippen LogP contribution >= 0.6 is 0 Å². The van der Waals surface area contributed by atoms with E-state index in [1.54, 1.807) is 11.1 Å². The lowest BCUT2D eigenvalue weighted by Crippen LogP contribution is -2.35. The molecule has 2 heteroatoms. The first-order chi connectivity index (χ1) is 8.25. The van der Waals surface area contributed by atoms with Crippen molar-refractivity contribution < 1.29 is 0 Å². The summed E-state index contributed by atoms with van der Waals surface area (Å²) < 4.78 is 0. The summed E-state index contributed by atoms with van der Waals surface area (Å²) in [6.07, 6.45) is 7.63. The van der Waals surface area contributed by atoms with Crippen LogP contribution in [0.15, 0.2) is 18.2 Å². The maximum atomic E-state index is 6.06. The highest BCUT2D eigenvalue weighted by Gasteiger charge is 2.37. The van der Waals surface area contributed by atoms with Crippen LogP contribution in [0.3, 0.4) is 0 Å². The third-order valence-electron chi connectivity index (χ3n) is 4.11. The zero-order chi connectivity index (χ0) is 11.7. The summed E-state index contributed by atoms with van der Waals surface area (Å²) in [6.45, 7) is 1.93. The molecule has 1 fully saturated rings. The number of rotatable bonds is 4. The number of nitrogens with one attached hydrogen (secondary N) is 1. The molecule has 0 radical (unpaired) electrons. The molecule has 0 heterocycles. The molecule has 0 spiro atoms. The molecule has 92 valence electrons. The van der Waals surface area contributed by atoms with Gasteiger partial charge in [-0.3, -0.25) is 0 Å². The van der Waals surface area contributed by atoms with E-state index in [1.807, 2.05) is 0 Å². The van der Waals surface area contributed by atoms with Crippen LogP contribution in [0.25, 0.3) is 0 Å². The van der Waals surface area contributed by atoms with Crippen LogP contribution in [0.5, 0.6) is 0 Å². The Morgan fingerprint density at radius 2 is 1.88 bits per heavy atom. The minimum Gasteiger partial charge on any atom is -0.324 e. The van der Waals surface area contributed by atoms with Crippen molar-refractivity contribution in [3.8, 4) is 0 Å². The molecule has 1 aromatic carbocycles. The molecule has 3 N–H and O–H groups in total. The Morgan fingerprint density at radius 1 is 1.12 bits per heavy atom. The molecular formula is C15H22N2. The fourth-order valence-corrected chi connectivity index (χ4v) is 2.69. The average Bonchev–Trinajstić information content (AvgIpc) is 3.07.